The molecular formula is C26H27F3N2O3. The molecule has 0 atom stereocenters. The molecule has 1 aliphatic rings. The monoisotopic (exact) mass is 472 g/mol. The zero-order chi connectivity index (χ0) is 24.5. The molecule has 1 aliphatic heterocycles. The number of hydrogen-bond acceptors (Lipinski definition) is 4. The van der Waals surface area contributed by atoms with Gasteiger partial charge in [0.1, 0.15) is 23.8 Å². The minimum Gasteiger partial charge on any atom is -0.487 e. The predicted molar refractivity (Wildman–Crippen MR) is 121 cm³/mol. The second kappa shape index (κ2) is 9.16. The standard InChI is InChI=1S/C26H27F3N2O3/c1-17-22(30-23(34-17)18-9-11-19(12-10-18)26(27,28)29)16-33-21-8-6-7-20(15-21)25(2,3)24(32)31-13-4-5-14-31/h6-12,15H,4-5,13-14,16H2,1-3H3. The third kappa shape index (κ3) is 4.95. The lowest BCUT2D eigenvalue weighted by Gasteiger charge is -2.29. The molecule has 2 aromatic carbocycles. The molecule has 0 spiro atoms. The second-order valence-corrected chi connectivity index (χ2v) is 9.04. The number of halogens is 3. The normalized spacial score (nSPS) is 14.5. The van der Waals surface area contributed by atoms with Crippen molar-refractivity contribution in [3.8, 4) is 17.2 Å². The Labute approximate surface area is 196 Å². The molecule has 180 valence electrons. The van der Waals surface area contributed by atoms with Crippen molar-refractivity contribution >= 4 is 5.91 Å². The van der Waals surface area contributed by atoms with Gasteiger partial charge in [-0.15, -0.1) is 0 Å². The van der Waals surface area contributed by atoms with Crippen LogP contribution in [0.1, 0.15) is 49.3 Å². The number of rotatable bonds is 6. The fourth-order valence-electron chi connectivity index (χ4n) is 4.05. The summed E-state index contributed by atoms with van der Waals surface area (Å²) >= 11 is 0. The van der Waals surface area contributed by atoms with E-state index in [1.807, 2.05) is 43.0 Å². The summed E-state index contributed by atoms with van der Waals surface area (Å²) in [5.74, 6) is 1.46. The molecule has 0 N–H and O–H groups in total. The van der Waals surface area contributed by atoms with Gasteiger partial charge in [-0.1, -0.05) is 12.1 Å². The maximum Gasteiger partial charge on any atom is 0.416 e. The van der Waals surface area contributed by atoms with Crippen LogP contribution in [0.3, 0.4) is 0 Å². The van der Waals surface area contributed by atoms with Crippen molar-refractivity contribution in [2.75, 3.05) is 13.1 Å². The molecule has 8 heteroatoms. The second-order valence-electron chi connectivity index (χ2n) is 9.04. The maximum atomic E-state index is 13.0. The molecule has 0 unspecified atom stereocenters. The summed E-state index contributed by atoms with van der Waals surface area (Å²) in [7, 11) is 0. The Balaban J connectivity index is 1.46. The first-order valence-electron chi connectivity index (χ1n) is 11.2. The van der Waals surface area contributed by atoms with E-state index >= 15 is 0 Å². The number of oxazole rings is 1. The first kappa shape index (κ1) is 23.9. The lowest BCUT2D eigenvalue weighted by molar-refractivity contribution is -0.137. The van der Waals surface area contributed by atoms with Crippen LogP contribution in [0.4, 0.5) is 13.2 Å². The summed E-state index contributed by atoms with van der Waals surface area (Å²) in [4.78, 5) is 19.3. The fourth-order valence-corrected chi connectivity index (χ4v) is 4.05. The Morgan fingerprint density at radius 1 is 1.06 bits per heavy atom. The van der Waals surface area contributed by atoms with Gasteiger partial charge >= 0.3 is 6.18 Å². The van der Waals surface area contributed by atoms with Crippen LogP contribution in [0.25, 0.3) is 11.5 Å². The highest BCUT2D eigenvalue weighted by Crippen LogP contribution is 2.32. The largest absolute Gasteiger partial charge is 0.487 e. The van der Waals surface area contributed by atoms with Gasteiger partial charge in [0.15, 0.2) is 0 Å². The molecule has 4 rings (SSSR count). The van der Waals surface area contributed by atoms with Gasteiger partial charge in [-0.2, -0.15) is 13.2 Å². The van der Waals surface area contributed by atoms with E-state index < -0.39 is 17.2 Å². The highest BCUT2D eigenvalue weighted by molar-refractivity contribution is 5.87. The third-order valence-electron chi connectivity index (χ3n) is 6.21. The van der Waals surface area contributed by atoms with Gasteiger partial charge in [-0.3, -0.25) is 4.79 Å². The first-order chi connectivity index (χ1) is 16.1. The molecular weight excluding hydrogens is 445 g/mol. The summed E-state index contributed by atoms with van der Waals surface area (Å²) < 4.78 is 50.0. The number of carbonyl (C=O) groups excluding carboxylic acids is 1. The average molecular weight is 473 g/mol. The van der Waals surface area contributed by atoms with Crippen LogP contribution in [-0.2, 0) is 23.0 Å². The van der Waals surface area contributed by atoms with E-state index in [9.17, 15) is 18.0 Å². The number of carbonyl (C=O) groups is 1. The van der Waals surface area contributed by atoms with Crippen LogP contribution < -0.4 is 4.74 Å². The van der Waals surface area contributed by atoms with Gasteiger partial charge in [0, 0.05) is 18.7 Å². The number of alkyl halides is 3. The number of aryl methyl sites for hydroxylation is 1. The Hall–Kier alpha value is -3.29. The molecule has 2 heterocycles. The van der Waals surface area contributed by atoms with Gasteiger partial charge < -0.3 is 14.1 Å². The van der Waals surface area contributed by atoms with E-state index in [1.54, 1.807) is 6.92 Å². The van der Waals surface area contributed by atoms with E-state index in [2.05, 4.69) is 4.98 Å². The van der Waals surface area contributed by atoms with Crippen LogP contribution in [-0.4, -0.2) is 28.9 Å². The van der Waals surface area contributed by atoms with Gasteiger partial charge in [-0.25, -0.2) is 4.98 Å². The Kier molecular flexibility index (Phi) is 6.43. The van der Waals surface area contributed by atoms with Crippen molar-refractivity contribution in [3.63, 3.8) is 0 Å². The van der Waals surface area contributed by atoms with Crippen LogP contribution >= 0.6 is 0 Å². The zero-order valence-corrected chi connectivity index (χ0v) is 19.4. The Morgan fingerprint density at radius 2 is 1.74 bits per heavy atom. The van der Waals surface area contributed by atoms with Gasteiger partial charge in [-0.05, 0) is 75.6 Å². The highest BCUT2D eigenvalue weighted by Gasteiger charge is 2.35. The Bertz CT molecular complexity index is 1160. The highest BCUT2D eigenvalue weighted by atomic mass is 19.4. The summed E-state index contributed by atoms with van der Waals surface area (Å²) in [5, 5.41) is 0. The van der Waals surface area contributed by atoms with Gasteiger partial charge in [0.05, 0.1) is 11.0 Å². The van der Waals surface area contributed by atoms with Crippen LogP contribution in [0.15, 0.2) is 52.9 Å². The maximum absolute atomic E-state index is 13.0. The molecule has 1 amide bonds. The van der Waals surface area contributed by atoms with Crippen molar-refractivity contribution in [2.45, 2.75) is 51.8 Å². The molecule has 1 saturated heterocycles. The van der Waals surface area contributed by atoms with E-state index in [0.717, 1.165) is 43.6 Å². The SMILES string of the molecule is Cc1oc(-c2ccc(C(F)(F)F)cc2)nc1COc1cccc(C(C)(C)C(=O)N2CCCC2)c1. The number of benzene rings is 2. The number of aromatic nitrogens is 1. The van der Waals surface area contributed by atoms with E-state index in [1.165, 1.54) is 12.1 Å². The average Bonchev–Trinajstić information content (AvgIpc) is 3.47. The van der Waals surface area contributed by atoms with Crippen molar-refractivity contribution in [1.82, 2.24) is 9.88 Å². The van der Waals surface area contributed by atoms with Gasteiger partial charge in [0.2, 0.25) is 11.8 Å². The number of hydrogen-bond donors (Lipinski definition) is 0. The van der Waals surface area contributed by atoms with E-state index in [-0.39, 0.29) is 18.4 Å². The molecule has 34 heavy (non-hydrogen) atoms. The summed E-state index contributed by atoms with van der Waals surface area (Å²) in [6.45, 7) is 7.29. The van der Waals surface area contributed by atoms with Crippen molar-refractivity contribution < 1.29 is 27.1 Å². The first-order valence-corrected chi connectivity index (χ1v) is 11.2. The lowest BCUT2D eigenvalue weighted by Crippen LogP contribution is -2.41. The minimum absolute atomic E-state index is 0.107. The molecule has 0 bridgehead atoms. The zero-order valence-electron chi connectivity index (χ0n) is 19.4. The van der Waals surface area contributed by atoms with Crippen LogP contribution in [0.5, 0.6) is 5.75 Å². The summed E-state index contributed by atoms with van der Waals surface area (Å²) in [6, 6.07) is 12.1. The topological polar surface area (TPSA) is 55.6 Å². The van der Waals surface area contributed by atoms with E-state index in [0.29, 0.717) is 22.8 Å². The van der Waals surface area contributed by atoms with Gasteiger partial charge in [0.25, 0.3) is 0 Å². The molecule has 1 fully saturated rings. The predicted octanol–water partition coefficient (Wildman–Crippen LogP) is 6.15. The van der Waals surface area contributed by atoms with Crippen LogP contribution in [0, 0.1) is 6.92 Å². The minimum atomic E-state index is -4.40. The molecule has 1 aromatic heterocycles. The number of nitrogens with zero attached hydrogens (tertiary/aromatic N) is 2. The third-order valence-corrected chi connectivity index (χ3v) is 6.21. The summed E-state index contributed by atoms with van der Waals surface area (Å²) in [5.41, 5.74) is 0.459. The number of likely N-dealkylation sites (tertiary alicyclic amines) is 1. The number of ether oxygens (including phenoxy) is 1. The van der Waals surface area contributed by atoms with E-state index in [4.69, 9.17) is 9.15 Å². The molecule has 0 radical (unpaired) electrons. The number of amides is 1. The smallest absolute Gasteiger partial charge is 0.416 e. The summed E-state index contributed by atoms with van der Waals surface area (Å²) in [6.07, 6.45) is -2.32. The van der Waals surface area contributed by atoms with Crippen LogP contribution in [0.2, 0.25) is 0 Å². The van der Waals surface area contributed by atoms with Crippen molar-refractivity contribution in [3.05, 3.63) is 71.1 Å². The quantitative estimate of drug-likeness (QED) is 0.432. The van der Waals surface area contributed by atoms with Crippen molar-refractivity contribution in [1.29, 1.82) is 0 Å². The molecule has 0 aliphatic carbocycles. The fraction of sp³-hybridized carbons (Fsp3) is 0.385. The lowest BCUT2D eigenvalue weighted by atomic mass is 9.83. The molecule has 5 nitrogen and oxygen atoms in total. The Morgan fingerprint density at radius 3 is 2.38 bits per heavy atom. The molecule has 0 saturated carbocycles. The molecule has 3 aromatic rings. The van der Waals surface area contributed by atoms with Crippen molar-refractivity contribution in [2.24, 2.45) is 0 Å².